The summed E-state index contributed by atoms with van der Waals surface area (Å²) in [5.74, 6) is -0.588. The molecule has 0 fully saturated rings. The molecule has 5 heteroatoms. The molecule has 0 radical (unpaired) electrons. The third kappa shape index (κ3) is 2.59. The van der Waals surface area contributed by atoms with Crippen LogP contribution >= 0.6 is 11.6 Å². The molecule has 0 bridgehead atoms. The number of hydrogen-bond donors (Lipinski definition) is 0. The summed E-state index contributed by atoms with van der Waals surface area (Å²) in [4.78, 5) is 0. The monoisotopic (exact) mass is 212 g/mol. The molecule has 13 heavy (non-hydrogen) atoms. The molecule has 0 saturated heterocycles. The maximum atomic E-state index is 12.3. The van der Waals surface area contributed by atoms with Crippen molar-refractivity contribution in [2.24, 2.45) is 0 Å². The highest BCUT2D eigenvalue weighted by molar-refractivity contribution is 6.21. The first-order valence-electron chi connectivity index (χ1n) is 3.37. The maximum absolute atomic E-state index is 12.3. The average Bonchev–Trinajstić information content (AvgIpc) is 2.03. The summed E-state index contributed by atoms with van der Waals surface area (Å²) in [5, 5.41) is -2.08. The summed E-state index contributed by atoms with van der Waals surface area (Å²) < 4.78 is 48.4. The SMILES string of the molecule is Fc1ccc(C(Cl)C(F)(F)F)cc1. The zero-order chi connectivity index (χ0) is 10.1. The van der Waals surface area contributed by atoms with E-state index in [0.717, 1.165) is 24.3 Å². The van der Waals surface area contributed by atoms with E-state index in [4.69, 9.17) is 11.6 Å². The second-order valence-corrected chi connectivity index (χ2v) is 2.89. The van der Waals surface area contributed by atoms with Gasteiger partial charge in [0, 0.05) is 0 Å². The van der Waals surface area contributed by atoms with Gasteiger partial charge in [-0.2, -0.15) is 13.2 Å². The fourth-order valence-corrected chi connectivity index (χ4v) is 0.966. The predicted molar refractivity (Wildman–Crippen MR) is 41.0 cm³/mol. The molecule has 0 nitrogen and oxygen atoms in total. The van der Waals surface area contributed by atoms with E-state index in [1.54, 1.807) is 0 Å². The van der Waals surface area contributed by atoms with Crippen LogP contribution < -0.4 is 0 Å². The van der Waals surface area contributed by atoms with Gasteiger partial charge >= 0.3 is 6.18 Å². The van der Waals surface area contributed by atoms with E-state index >= 15 is 0 Å². The molecule has 72 valence electrons. The summed E-state index contributed by atoms with van der Waals surface area (Å²) in [6, 6.07) is 3.91. The second kappa shape index (κ2) is 3.54. The molecule has 0 amide bonds. The first-order chi connectivity index (χ1) is 5.91. The van der Waals surface area contributed by atoms with Crippen molar-refractivity contribution < 1.29 is 17.6 Å². The number of rotatable bonds is 1. The van der Waals surface area contributed by atoms with Crippen LogP contribution in [0.25, 0.3) is 0 Å². The van der Waals surface area contributed by atoms with Crippen molar-refractivity contribution in [3.8, 4) is 0 Å². The summed E-state index contributed by atoms with van der Waals surface area (Å²) in [6.45, 7) is 0. The predicted octanol–water partition coefficient (Wildman–Crippen LogP) is 3.67. The normalized spacial score (nSPS) is 14.2. The lowest BCUT2D eigenvalue weighted by Gasteiger charge is -2.13. The molecule has 0 heterocycles. The van der Waals surface area contributed by atoms with Crippen LogP contribution in [0.4, 0.5) is 17.6 Å². The maximum Gasteiger partial charge on any atom is 0.408 e. The van der Waals surface area contributed by atoms with Crippen LogP contribution in [0, 0.1) is 5.82 Å². The molecule has 1 aromatic rings. The molecular formula is C8H5ClF4. The summed E-state index contributed by atoms with van der Waals surface area (Å²) >= 11 is 5.09. The molecule has 1 aromatic carbocycles. The minimum Gasteiger partial charge on any atom is -0.207 e. The molecule has 0 aliphatic rings. The minimum atomic E-state index is -4.50. The Morgan fingerprint density at radius 1 is 1.08 bits per heavy atom. The Bertz CT molecular complexity index is 277. The van der Waals surface area contributed by atoms with Gasteiger partial charge in [0.1, 0.15) is 5.82 Å². The number of halogens is 5. The number of alkyl halides is 4. The van der Waals surface area contributed by atoms with Crippen molar-refractivity contribution >= 4 is 11.6 Å². The third-order valence-electron chi connectivity index (χ3n) is 1.45. The highest BCUT2D eigenvalue weighted by Gasteiger charge is 2.39. The lowest BCUT2D eigenvalue weighted by molar-refractivity contribution is -0.131. The van der Waals surface area contributed by atoms with Gasteiger partial charge in [0.2, 0.25) is 0 Å². The van der Waals surface area contributed by atoms with Crippen LogP contribution in [0.15, 0.2) is 24.3 Å². The Kier molecular flexibility index (Phi) is 2.81. The van der Waals surface area contributed by atoms with Gasteiger partial charge in [0.05, 0.1) is 0 Å². The van der Waals surface area contributed by atoms with Gasteiger partial charge in [-0.1, -0.05) is 12.1 Å². The molecule has 0 aliphatic heterocycles. The van der Waals surface area contributed by atoms with E-state index in [1.807, 2.05) is 0 Å². The van der Waals surface area contributed by atoms with Gasteiger partial charge in [0.15, 0.2) is 5.38 Å². The van der Waals surface area contributed by atoms with Crippen LogP contribution in [-0.2, 0) is 0 Å². The summed E-state index contributed by atoms with van der Waals surface area (Å²) in [5.41, 5.74) is -0.157. The van der Waals surface area contributed by atoms with Crippen LogP contribution in [-0.4, -0.2) is 6.18 Å². The van der Waals surface area contributed by atoms with Crippen molar-refractivity contribution in [3.05, 3.63) is 35.6 Å². The van der Waals surface area contributed by atoms with Crippen molar-refractivity contribution in [2.75, 3.05) is 0 Å². The fraction of sp³-hybridized carbons (Fsp3) is 0.250. The van der Waals surface area contributed by atoms with Crippen molar-refractivity contribution in [1.82, 2.24) is 0 Å². The van der Waals surface area contributed by atoms with Crippen LogP contribution in [0.2, 0.25) is 0 Å². The molecule has 1 atom stereocenters. The summed E-state index contributed by atoms with van der Waals surface area (Å²) in [7, 11) is 0. The van der Waals surface area contributed by atoms with E-state index in [9.17, 15) is 17.6 Å². The van der Waals surface area contributed by atoms with Crippen LogP contribution in [0.1, 0.15) is 10.9 Å². The Morgan fingerprint density at radius 3 is 1.92 bits per heavy atom. The highest BCUT2D eigenvalue weighted by atomic mass is 35.5. The molecular weight excluding hydrogens is 208 g/mol. The average molecular weight is 213 g/mol. The van der Waals surface area contributed by atoms with Gasteiger partial charge in [-0.25, -0.2) is 4.39 Å². The van der Waals surface area contributed by atoms with Gasteiger partial charge in [-0.3, -0.25) is 0 Å². The first kappa shape index (κ1) is 10.3. The summed E-state index contributed by atoms with van der Waals surface area (Å²) in [6.07, 6.45) is -4.50. The van der Waals surface area contributed by atoms with Crippen molar-refractivity contribution in [3.63, 3.8) is 0 Å². The minimum absolute atomic E-state index is 0.157. The quantitative estimate of drug-likeness (QED) is 0.492. The Morgan fingerprint density at radius 2 is 1.54 bits per heavy atom. The van der Waals surface area contributed by atoms with E-state index in [-0.39, 0.29) is 5.56 Å². The van der Waals surface area contributed by atoms with E-state index < -0.39 is 17.4 Å². The molecule has 0 saturated carbocycles. The van der Waals surface area contributed by atoms with Crippen LogP contribution in [0.5, 0.6) is 0 Å². The third-order valence-corrected chi connectivity index (χ3v) is 1.95. The first-order valence-corrected chi connectivity index (χ1v) is 3.81. The Labute approximate surface area is 77.1 Å². The van der Waals surface area contributed by atoms with E-state index in [0.29, 0.717) is 0 Å². The molecule has 1 rings (SSSR count). The van der Waals surface area contributed by atoms with E-state index in [2.05, 4.69) is 0 Å². The Balaban J connectivity index is 2.90. The van der Waals surface area contributed by atoms with E-state index in [1.165, 1.54) is 0 Å². The molecule has 1 unspecified atom stereocenters. The van der Waals surface area contributed by atoms with Gasteiger partial charge in [0.25, 0.3) is 0 Å². The van der Waals surface area contributed by atoms with Crippen molar-refractivity contribution in [1.29, 1.82) is 0 Å². The largest absolute Gasteiger partial charge is 0.408 e. The zero-order valence-electron chi connectivity index (χ0n) is 6.28. The molecule has 0 aromatic heterocycles. The Hall–Kier alpha value is -0.770. The van der Waals surface area contributed by atoms with Crippen molar-refractivity contribution in [2.45, 2.75) is 11.6 Å². The van der Waals surface area contributed by atoms with Gasteiger partial charge < -0.3 is 0 Å². The lowest BCUT2D eigenvalue weighted by atomic mass is 10.1. The lowest BCUT2D eigenvalue weighted by Crippen LogP contribution is -2.15. The molecule has 0 N–H and O–H groups in total. The van der Waals surface area contributed by atoms with Crippen LogP contribution in [0.3, 0.4) is 0 Å². The fourth-order valence-electron chi connectivity index (χ4n) is 0.821. The second-order valence-electron chi connectivity index (χ2n) is 2.46. The molecule has 0 spiro atoms. The smallest absolute Gasteiger partial charge is 0.207 e. The highest BCUT2D eigenvalue weighted by Crippen LogP contribution is 2.37. The topological polar surface area (TPSA) is 0 Å². The molecule has 0 aliphatic carbocycles. The van der Waals surface area contributed by atoms with Gasteiger partial charge in [-0.05, 0) is 17.7 Å². The standard InChI is InChI=1S/C8H5ClF4/c9-7(8(11,12)13)5-1-3-6(10)4-2-5/h1-4,7H. The number of hydrogen-bond acceptors (Lipinski definition) is 0. The number of benzene rings is 1. The van der Waals surface area contributed by atoms with Gasteiger partial charge in [-0.15, -0.1) is 11.6 Å². The zero-order valence-corrected chi connectivity index (χ0v) is 7.03.